The lowest BCUT2D eigenvalue weighted by molar-refractivity contribution is 0.170. The highest BCUT2D eigenvalue weighted by molar-refractivity contribution is 14.1. The molecule has 0 spiro atoms. The predicted octanol–water partition coefficient (Wildman–Crippen LogP) is 3.78. The summed E-state index contributed by atoms with van der Waals surface area (Å²) >= 11 is 5.66. The molecule has 0 radical (unpaired) electrons. The van der Waals surface area contributed by atoms with Crippen molar-refractivity contribution in [1.29, 1.82) is 0 Å². The van der Waals surface area contributed by atoms with Crippen molar-refractivity contribution in [3.8, 4) is 0 Å². The lowest BCUT2D eigenvalue weighted by Crippen LogP contribution is -2.09. The van der Waals surface area contributed by atoms with Crippen molar-refractivity contribution in [3.05, 3.63) is 43.6 Å². The molecule has 0 aromatic heterocycles. The van der Waals surface area contributed by atoms with Gasteiger partial charge in [0.25, 0.3) is 0 Å². The zero-order valence-electron chi connectivity index (χ0n) is 8.62. The zero-order chi connectivity index (χ0) is 11.5. The first-order chi connectivity index (χ1) is 7.68. The first kappa shape index (κ1) is 12.4. The van der Waals surface area contributed by atoms with Crippen LogP contribution in [0, 0.1) is 3.57 Å². The topological polar surface area (TPSA) is 29.5 Å². The Labute approximate surface area is 117 Å². The van der Waals surface area contributed by atoms with Crippen LogP contribution in [0.3, 0.4) is 0 Å². The molecule has 0 amide bonds. The standard InChI is InChI=1S/C12H12BrIO2/c13-9-3-4-11(14)10(6-9)12(15)8-2-1-5-16-7-8/h3-4,6-7,12,15H,1-2,5H2. The minimum atomic E-state index is -0.551. The number of benzene rings is 1. The van der Waals surface area contributed by atoms with Gasteiger partial charge in [-0.3, -0.25) is 0 Å². The van der Waals surface area contributed by atoms with E-state index in [2.05, 4.69) is 38.5 Å². The first-order valence-electron chi connectivity index (χ1n) is 5.12. The van der Waals surface area contributed by atoms with E-state index in [0.717, 1.165) is 38.6 Å². The Hall–Kier alpha value is -0.0700. The van der Waals surface area contributed by atoms with Gasteiger partial charge < -0.3 is 9.84 Å². The fourth-order valence-corrected chi connectivity index (χ4v) is 2.72. The van der Waals surface area contributed by atoms with E-state index >= 15 is 0 Å². The highest BCUT2D eigenvalue weighted by Crippen LogP contribution is 2.31. The van der Waals surface area contributed by atoms with Crippen molar-refractivity contribution in [3.63, 3.8) is 0 Å². The van der Waals surface area contributed by atoms with Crippen molar-refractivity contribution in [2.45, 2.75) is 18.9 Å². The van der Waals surface area contributed by atoms with Gasteiger partial charge in [-0.25, -0.2) is 0 Å². The monoisotopic (exact) mass is 394 g/mol. The van der Waals surface area contributed by atoms with Gasteiger partial charge in [-0.2, -0.15) is 0 Å². The summed E-state index contributed by atoms with van der Waals surface area (Å²) in [6.45, 7) is 0.756. The van der Waals surface area contributed by atoms with E-state index in [0.29, 0.717) is 0 Å². The largest absolute Gasteiger partial charge is 0.501 e. The molecule has 1 aliphatic heterocycles. The van der Waals surface area contributed by atoms with E-state index in [1.54, 1.807) is 6.26 Å². The van der Waals surface area contributed by atoms with Crippen LogP contribution in [0.25, 0.3) is 0 Å². The third-order valence-corrected chi connectivity index (χ3v) is 4.04. The summed E-state index contributed by atoms with van der Waals surface area (Å²) in [6, 6.07) is 5.93. The van der Waals surface area contributed by atoms with E-state index in [9.17, 15) is 5.11 Å². The Morgan fingerprint density at radius 1 is 1.44 bits per heavy atom. The minimum absolute atomic E-state index is 0.551. The van der Waals surface area contributed by atoms with Crippen LogP contribution in [0.4, 0.5) is 0 Å². The molecule has 4 heteroatoms. The number of hydrogen-bond acceptors (Lipinski definition) is 2. The summed E-state index contributed by atoms with van der Waals surface area (Å²) in [5, 5.41) is 10.3. The summed E-state index contributed by atoms with van der Waals surface area (Å²) in [7, 11) is 0. The van der Waals surface area contributed by atoms with Gasteiger partial charge in [-0.15, -0.1) is 0 Å². The molecule has 2 nitrogen and oxygen atoms in total. The second-order valence-electron chi connectivity index (χ2n) is 3.74. The Kier molecular flexibility index (Phi) is 4.27. The molecule has 0 aliphatic carbocycles. The van der Waals surface area contributed by atoms with Crippen molar-refractivity contribution in [2.24, 2.45) is 0 Å². The molecule has 0 saturated carbocycles. The predicted molar refractivity (Wildman–Crippen MR) is 75.1 cm³/mol. The van der Waals surface area contributed by atoms with Crippen LogP contribution in [0.5, 0.6) is 0 Å². The van der Waals surface area contributed by atoms with Crippen LogP contribution in [0.15, 0.2) is 34.5 Å². The molecule has 1 unspecified atom stereocenters. The van der Waals surface area contributed by atoms with Gasteiger partial charge in [0.15, 0.2) is 0 Å². The third-order valence-electron chi connectivity index (χ3n) is 2.57. The third kappa shape index (κ3) is 2.78. The molecule has 0 fully saturated rings. The molecule has 1 aromatic rings. The fourth-order valence-electron chi connectivity index (χ4n) is 1.71. The summed E-state index contributed by atoms with van der Waals surface area (Å²) in [5.41, 5.74) is 1.90. The molecule has 1 N–H and O–H groups in total. The van der Waals surface area contributed by atoms with Crippen molar-refractivity contribution >= 4 is 38.5 Å². The molecule has 0 saturated heterocycles. The summed E-state index contributed by atoms with van der Waals surface area (Å²) in [5.74, 6) is 0. The van der Waals surface area contributed by atoms with E-state index < -0.39 is 6.10 Å². The maximum Gasteiger partial charge on any atom is 0.104 e. The van der Waals surface area contributed by atoms with E-state index in [1.165, 1.54) is 0 Å². The normalized spacial score (nSPS) is 17.6. The van der Waals surface area contributed by atoms with Crippen LogP contribution < -0.4 is 0 Å². The molecule has 16 heavy (non-hydrogen) atoms. The maximum atomic E-state index is 10.3. The Bertz CT molecular complexity index is 417. The van der Waals surface area contributed by atoms with Gasteiger partial charge >= 0.3 is 0 Å². The number of ether oxygens (including phenoxy) is 1. The molecule has 0 bridgehead atoms. The summed E-state index contributed by atoms with van der Waals surface area (Å²) in [4.78, 5) is 0. The van der Waals surface area contributed by atoms with Crippen LogP contribution in [-0.4, -0.2) is 11.7 Å². The smallest absolute Gasteiger partial charge is 0.104 e. The Morgan fingerprint density at radius 3 is 2.94 bits per heavy atom. The number of rotatable bonds is 2. The summed E-state index contributed by atoms with van der Waals surface area (Å²) in [6.07, 6.45) is 3.03. The molecule has 1 atom stereocenters. The fraction of sp³-hybridized carbons (Fsp3) is 0.333. The zero-order valence-corrected chi connectivity index (χ0v) is 12.4. The van der Waals surface area contributed by atoms with Crippen molar-refractivity contribution in [1.82, 2.24) is 0 Å². The number of hydrogen-bond donors (Lipinski definition) is 1. The number of halogens is 2. The van der Waals surface area contributed by atoms with E-state index in [-0.39, 0.29) is 0 Å². The minimum Gasteiger partial charge on any atom is -0.501 e. The molecule has 86 valence electrons. The van der Waals surface area contributed by atoms with Crippen molar-refractivity contribution < 1.29 is 9.84 Å². The van der Waals surface area contributed by atoms with Gasteiger partial charge in [0.2, 0.25) is 0 Å². The SMILES string of the molecule is OC(C1=COCCC1)c1cc(Br)ccc1I. The second-order valence-corrected chi connectivity index (χ2v) is 5.81. The van der Waals surface area contributed by atoms with Crippen LogP contribution in [0.1, 0.15) is 24.5 Å². The van der Waals surface area contributed by atoms with Gasteiger partial charge in [0.05, 0.1) is 12.9 Å². The van der Waals surface area contributed by atoms with E-state index in [4.69, 9.17) is 4.74 Å². The lowest BCUT2D eigenvalue weighted by atomic mass is 9.98. The molecular weight excluding hydrogens is 383 g/mol. The van der Waals surface area contributed by atoms with Crippen LogP contribution in [0.2, 0.25) is 0 Å². The maximum absolute atomic E-state index is 10.3. The summed E-state index contributed by atoms with van der Waals surface area (Å²) < 4.78 is 7.31. The van der Waals surface area contributed by atoms with Gasteiger partial charge in [-0.1, -0.05) is 15.9 Å². The number of aliphatic hydroxyl groups excluding tert-OH is 1. The van der Waals surface area contributed by atoms with Crippen LogP contribution in [-0.2, 0) is 4.74 Å². The Balaban J connectivity index is 2.29. The lowest BCUT2D eigenvalue weighted by Gasteiger charge is -2.20. The van der Waals surface area contributed by atoms with Crippen LogP contribution >= 0.6 is 38.5 Å². The average Bonchev–Trinajstić information content (AvgIpc) is 2.32. The molecule has 2 rings (SSSR count). The Morgan fingerprint density at radius 2 is 2.25 bits per heavy atom. The quantitative estimate of drug-likeness (QED) is 0.773. The van der Waals surface area contributed by atoms with Gasteiger partial charge in [-0.05, 0) is 64.8 Å². The molecule has 1 aliphatic rings. The second kappa shape index (κ2) is 5.51. The van der Waals surface area contributed by atoms with Gasteiger partial charge in [0.1, 0.15) is 6.10 Å². The van der Waals surface area contributed by atoms with E-state index in [1.807, 2.05) is 18.2 Å². The molecular formula is C12H12BrIO2. The molecule has 1 heterocycles. The highest BCUT2D eigenvalue weighted by atomic mass is 127. The number of aliphatic hydroxyl groups is 1. The van der Waals surface area contributed by atoms with Crippen molar-refractivity contribution in [2.75, 3.05) is 6.61 Å². The molecule has 1 aromatic carbocycles. The highest BCUT2D eigenvalue weighted by Gasteiger charge is 2.18. The first-order valence-corrected chi connectivity index (χ1v) is 6.99. The average molecular weight is 395 g/mol. The van der Waals surface area contributed by atoms with Gasteiger partial charge in [0, 0.05) is 8.04 Å².